The maximum Gasteiger partial charge on any atom is 0.202 e. The lowest BCUT2D eigenvalue weighted by Crippen LogP contribution is -2.34. The Morgan fingerprint density at radius 3 is 3.00 bits per heavy atom. The fourth-order valence-corrected chi connectivity index (χ4v) is 4.13. The van der Waals surface area contributed by atoms with E-state index < -0.39 is 15.1 Å². The fourth-order valence-electron chi connectivity index (χ4n) is 2.23. The summed E-state index contributed by atoms with van der Waals surface area (Å²) in [6.07, 6.45) is 9.76. The minimum atomic E-state index is -3.26. The monoisotopic (exact) mass is 222 g/mol. The summed E-state index contributed by atoms with van der Waals surface area (Å²) in [5.41, 5.74) is 0.802. The van der Waals surface area contributed by atoms with E-state index in [9.17, 15) is 8.42 Å². The highest BCUT2D eigenvalue weighted by Crippen LogP contribution is 2.34. The second-order valence-electron chi connectivity index (χ2n) is 3.87. The minimum Gasteiger partial charge on any atom is -0.267 e. The second-order valence-corrected chi connectivity index (χ2v) is 5.91. The number of nitrogens with zero attached hydrogens (tertiary/aromatic N) is 1. The molecule has 0 aromatic carbocycles. The molecule has 0 saturated carbocycles. The van der Waals surface area contributed by atoms with Crippen molar-refractivity contribution in [3.8, 4) is 0 Å². The number of H-pyrrole nitrogens is 1. The molecule has 1 aliphatic carbocycles. The summed E-state index contributed by atoms with van der Waals surface area (Å²) >= 11 is 0. The van der Waals surface area contributed by atoms with Crippen molar-refractivity contribution in [1.82, 2.24) is 10.2 Å². The Balaban J connectivity index is 2.23. The van der Waals surface area contributed by atoms with E-state index in [2.05, 4.69) is 10.2 Å². The number of aromatic nitrogens is 2. The Labute approximate surface area is 87.6 Å². The molecular formula is C10H10N2O2S. The summed E-state index contributed by atoms with van der Waals surface area (Å²) in [6, 6.07) is 0. The fraction of sp³-hybridized carbons (Fsp3) is 0.300. The molecule has 0 saturated heterocycles. The van der Waals surface area contributed by atoms with Crippen molar-refractivity contribution in [1.29, 1.82) is 0 Å². The van der Waals surface area contributed by atoms with Gasteiger partial charge < -0.3 is 0 Å². The number of sulfone groups is 1. The summed E-state index contributed by atoms with van der Waals surface area (Å²) in [4.78, 5) is 0. The van der Waals surface area contributed by atoms with Gasteiger partial charge in [-0.1, -0.05) is 24.3 Å². The van der Waals surface area contributed by atoms with Gasteiger partial charge in [0, 0.05) is 11.5 Å². The number of hydrogen-bond donors (Lipinski definition) is 1. The van der Waals surface area contributed by atoms with Gasteiger partial charge in [0.15, 0.2) is 5.03 Å². The standard InChI is InChI=1S/C10H10N2O2S/c13-15(14)9-4-2-1-3-7(9)5-8-6-11-12-10(8)15/h1-4,6-7,9H,5H2,(H,11,12). The minimum absolute atomic E-state index is 0.0603. The Kier molecular flexibility index (Phi) is 1.68. The first-order valence-corrected chi connectivity index (χ1v) is 6.35. The Morgan fingerprint density at radius 1 is 1.33 bits per heavy atom. The van der Waals surface area contributed by atoms with Crippen molar-refractivity contribution in [3.63, 3.8) is 0 Å². The van der Waals surface area contributed by atoms with Gasteiger partial charge >= 0.3 is 0 Å². The molecule has 0 spiro atoms. The molecule has 1 N–H and O–H groups in total. The van der Waals surface area contributed by atoms with E-state index in [1.54, 1.807) is 18.3 Å². The van der Waals surface area contributed by atoms with Crippen LogP contribution in [0.25, 0.3) is 0 Å². The molecule has 4 nitrogen and oxygen atoms in total. The predicted octanol–water partition coefficient (Wildman–Crippen LogP) is 0.850. The van der Waals surface area contributed by atoms with Gasteiger partial charge in [0.05, 0.1) is 11.4 Å². The molecular weight excluding hydrogens is 212 g/mol. The lowest BCUT2D eigenvalue weighted by molar-refractivity contribution is 0.538. The predicted molar refractivity (Wildman–Crippen MR) is 55.0 cm³/mol. The van der Waals surface area contributed by atoms with Crippen molar-refractivity contribution >= 4 is 9.84 Å². The van der Waals surface area contributed by atoms with E-state index >= 15 is 0 Å². The second kappa shape index (κ2) is 2.82. The van der Waals surface area contributed by atoms with Gasteiger partial charge in [-0.25, -0.2) is 8.42 Å². The quantitative estimate of drug-likeness (QED) is 0.707. The average molecular weight is 222 g/mol. The van der Waals surface area contributed by atoms with Gasteiger partial charge in [-0.15, -0.1) is 0 Å². The van der Waals surface area contributed by atoms with Gasteiger partial charge in [0.25, 0.3) is 0 Å². The van der Waals surface area contributed by atoms with E-state index in [1.807, 2.05) is 12.2 Å². The SMILES string of the molecule is O=S1(=O)c2[nH]ncc2CC2C=CC=CC21. The average Bonchev–Trinajstić information content (AvgIpc) is 2.67. The normalized spacial score (nSPS) is 30.9. The molecule has 0 amide bonds. The molecule has 15 heavy (non-hydrogen) atoms. The zero-order chi connectivity index (χ0) is 10.5. The lowest BCUT2D eigenvalue weighted by atomic mass is 9.93. The summed E-state index contributed by atoms with van der Waals surface area (Å²) in [5, 5.41) is 6.26. The van der Waals surface area contributed by atoms with Crippen LogP contribution in [-0.4, -0.2) is 23.9 Å². The van der Waals surface area contributed by atoms with Crippen LogP contribution in [-0.2, 0) is 16.3 Å². The van der Waals surface area contributed by atoms with Crippen molar-refractivity contribution in [3.05, 3.63) is 36.1 Å². The number of allylic oxidation sites excluding steroid dienone is 3. The Bertz CT molecular complexity index is 554. The highest BCUT2D eigenvalue weighted by molar-refractivity contribution is 7.92. The smallest absolute Gasteiger partial charge is 0.202 e. The molecule has 5 heteroatoms. The molecule has 2 aliphatic rings. The van der Waals surface area contributed by atoms with E-state index in [-0.39, 0.29) is 5.92 Å². The molecule has 0 bridgehead atoms. The Hall–Kier alpha value is -1.36. The van der Waals surface area contributed by atoms with Crippen molar-refractivity contribution in [2.24, 2.45) is 5.92 Å². The van der Waals surface area contributed by atoms with E-state index in [4.69, 9.17) is 0 Å². The first-order chi connectivity index (χ1) is 7.19. The van der Waals surface area contributed by atoms with Crippen LogP contribution in [0.1, 0.15) is 5.56 Å². The first kappa shape index (κ1) is 8.91. The molecule has 1 aromatic rings. The van der Waals surface area contributed by atoms with E-state index in [1.165, 1.54) is 0 Å². The number of fused-ring (bicyclic) bond motifs is 2. The van der Waals surface area contributed by atoms with Crippen molar-refractivity contribution in [2.45, 2.75) is 16.7 Å². The van der Waals surface area contributed by atoms with Crippen LogP contribution in [0.4, 0.5) is 0 Å². The first-order valence-electron chi connectivity index (χ1n) is 4.81. The van der Waals surface area contributed by atoms with Crippen LogP contribution >= 0.6 is 0 Å². The van der Waals surface area contributed by atoms with Crippen LogP contribution in [0, 0.1) is 5.92 Å². The number of hydrogen-bond acceptors (Lipinski definition) is 3. The largest absolute Gasteiger partial charge is 0.267 e. The zero-order valence-electron chi connectivity index (χ0n) is 7.92. The number of nitrogens with one attached hydrogen (secondary N) is 1. The molecule has 0 radical (unpaired) electrons. The van der Waals surface area contributed by atoms with Crippen molar-refractivity contribution in [2.75, 3.05) is 0 Å². The van der Waals surface area contributed by atoms with Crippen molar-refractivity contribution < 1.29 is 8.42 Å². The van der Waals surface area contributed by atoms with E-state index in [0.29, 0.717) is 5.03 Å². The topological polar surface area (TPSA) is 62.8 Å². The zero-order valence-corrected chi connectivity index (χ0v) is 8.74. The third-order valence-electron chi connectivity index (χ3n) is 2.97. The van der Waals surface area contributed by atoms with Crippen LogP contribution in [0.15, 0.2) is 35.5 Å². The lowest BCUT2D eigenvalue weighted by Gasteiger charge is -2.28. The third kappa shape index (κ3) is 1.13. The molecule has 1 aromatic heterocycles. The summed E-state index contributed by atoms with van der Waals surface area (Å²) in [7, 11) is -3.26. The molecule has 1 aliphatic heterocycles. The van der Waals surface area contributed by atoms with Crippen LogP contribution in [0.2, 0.25) is 0 Å². The van der Waals surface area contributed by atoms with Crippen LogP contribution < -0.4 is 0 Å². The van der Waals surface area contributed by atoms with Gasteiger partial charge in [-0.05, 0) is 6.42 Å². The highest BCUT2D eigenvalue weighted by atomic mass is 32.2. The molecule has 3 rings (SSSR count). The summed E-state index contributed by atoms with van der Waals surface area (Å²) < 4.78 is 24.3. The number of rotatable bonds is 0. The van der Waals surface area contributed by atoms with Gasteiger partial charge in [0.1, 0.15) is 0 Å². The van der Waals surface area contributed by atoms with Crippen LogP contribution in [0.3, 0.4) is 0 Å². The maximum atomic E-state index is 12.1. The van der Waals surface area contributed by atoms with Gasteiger partial charge in [-0.2, -0.15) is 5.10 Å². The molecule has 2 heterocycles. The van der Waals surface area contributed by atoms with Crippen LogP contribution in [0.5, 0.6) is 0 Å². The molecule has 0 fully saturated rings. The van der Waals surface area contributed by atoms with E-state index in [0.717, 1.165) is 12.0 Å². The molecule has 2 unspecified atom stereocenters. The third-order valence-corrected chi connectivity index (χ3v) is 5.11. The highest BCUT2D eigenvalue weighted by Gasteiger charge is 2.40. The van der Waals surface area contributed by atoms with Gasteiger partial charge in [-0.3, -0.25) is 5.10 Å². The Morgan fingerprint density at radius 2 is 2.13 bits per heavy atom. The summed E-state index contributed by atoms with van der Waals surface area (Å²) in [6.45, 7) is 0. The maximum absolute atomic E-state index is 12.1. The molecule has 78 valence electrons. The molecule has 2 atom stereocenters. The summed E-state index contributed by atoms with van der Waals surface area (Å²) in [5.74, 6) is 0.0603. The number of aromatic amines is 1. The van der Waals surface area contributed by atoms with Gasteiger partial charge in [0.2, 0.25) is 9.84 Å².